The summed E-state index contributed by atoms with van der Waals surface area (Å²) in [7, 11) is 0. The molecule has 0 saturated heterocycles. The first-order chi connectivity index (χ1) is 10.5. The van der Waals surface area contributed by atoms with Gasteiger partial charge in [0.25, 0.3) is 0 Å². The van der Waals surface area contributed by atoms with E-state index in [4.69, 9.17) is 0 Å². The quantitative estimate of drug-likeness (QED) is 0.459. The number of pyridine rings is 1. The normalized spacial score (nSPS) is 10.9. The molecular weight excluding hydrogens is 458 g/mol. The summed E-state index contributed by atoms with van der Waals surface area (Å²) in [4.78, 5) is 4.56. The monoisotopic (exact) mass is 480 g/mol. The molecule has 116 valence electrons. The maximum atomic E-state index is 4.56. The molecule has 0 spiro atoms. The predicted octanol–water partition coefficient (Wildman–Crippen LogP) is 5.71. The van der Waals surface area contributed by atoms with Gasteiger partial charge in [-0.2, -0.15) is 0 Å². The zero-order valence-corrected chi connectivity index (χ0v) is 16.1. The third-order valence-corrected chi connectivity index (χ3v) is 3.89. The van der Waals surface area contributed by atoms with Crippen LogP contribution in [0, 0.1) is 0 Å². The molecular formula is C21H21IrN+3. The van der Waals surface area contributed by atoms with E-state index in [1.165, 1.54) is 16.7 Å². The predicted molar refractivity (Wildman–Crippen MR) is 93.8 cm³/mol. The van der Waals surface area contributed by atoms with Gasteiger partial charge < -0.3 is 0 Å². The van der Waals surface area contributed by atoms with Crippen LogP contribution in [0.25, 0.3) is 22.4 Å². The van der Waals surface area contributed by atoms with Gasteiger partial charge in [0.05, 0.1) is 5.69 Å². The fourth-order valence-electron chi connectivity index (χ4n) is 2.54. The molecule has 0 fully saturated rings. The SMILES string of the molecule is CC(C)(C)c1ccnc(-c2cccc(-c3ccccc3)c2)c1.[Ir+3]. The molecule has 0 bridgehead atoms. The Morgan fingerprint density at radius 1 is 0.696 bits per heavy atom. The van der Waals surface area contributed by atoms with Crippen molar-refractivity contribution < 1.29 is 20.1 Å². The Morgan fingerprint density at radius 2 is 1.35 bits per heavy atom. The van der Waals surface area contributed by atoms with Crippen LogP contribution in [0.3, 0.4) is 0 Å². The fraction of sp³-hybridized carbons (Fsp3) is 0.190. The van der Waals surface area contributed by atoms with Crippen molar-refractivity contribution in [2.24, 2.45) is 0 Å². The Labute approximate surface area is 152 Å². The maximum Gasteiger partial charge on any atom is 3.00 e. The largest absolute Gasteiger partial charge is 3.00 e. The molecule has 0 aliphatic heterocycles. The van der Waals surface area contributed by atoms with Crippen molar-refractivity contribution in [3.05, 3.63) is 78.5 Å². The molecule has 0 radical (unpaired) electrons. The Morgan fingerprint density at radius 3 is 2.04 bits per heavy atom. The van der Waals surface area contributed by atoms with E-state index >= 15 is 0 Å². The van der Waals surface area contributed by atoms with E-state index < -0.39 is 0 Å². The summed E-state index contributed by atoms with van der Waals surface area (Å²) in [5, 5.41) is 0. The van der Waals surface area contributed by atoms with Crippen LogP contribution in [0.1, 0.15) is 26.3 Å². The molecule has 0 atom stereocenters. The second kappa shape index (κ2) is 7.21. The molecule has 3 rings (SSSR count). The molecule has 0 unspecified atom stereocenters. The first-order valence-corrected chi connectivity index (χ1v) is 7.66. The Balaban J connectivity index is 0.00000192. The van der Waals surface area contributed by atoms with Crippen LogP contribution in [-0.2, 0) is 25.5 Å². The summed E-state index contributed by atoms with van der Waals surface area (Å²) in [5.41, 5.74) is 6.09. The Kier molecular flexibility index (Phi) is 5.51. The standard InChI is InChI=1S/C21H21N.Ir/c1-21(2,3)19-12-13-22-20(15-19)18-11-7-10-17(14-18)16-8-5-4-6-9-16;/h4-15H,1-3H3;/q;+3. The fourth-order valence-corrected chi connectivity index (χ4v) is 2.54. The van der Waals surface area contributed by atoms with Gasteiger partial charge in [0.15, 0.2) is 0 Å². The molecule has 1 aromatic heterocycles. The summed E-state index contributed by atoms with van der Waals surface area (Å²) in [6.07, 6.45) is 1.91. The minimum atomic E-state index is 0. The van der Waals surface area contributed by atoms with Crippen LogP contribution in [0.5, 0.6) is 0 Å². The van der Waals surface area contributed by atoms with E-state index in [9.17, 15) is 0 Å². The van der Waals surface area contributed by atoms with Crippen molar-refractivity contribution in [1.82, 2.24) is 4.98 Å². The Hall–Kier alpha value is -1.76. The first-order valence-electron chi connectivity index (χ1n) is 7.66. The number of nitrogens with zero attached hydrogens (tertiary/aromatic N) is 1. The van der Waals surface area contributed by atoms with Crippen molar-refractivity contribution >= 4 is 0 Å². The second-order valence-corrected chi connectivity index (χ2v) is 6.63. The van der Waals surface area contributed by atoms with E-state index in [1.807, 2.05) is 12.3 Å². The van der Waals surface area contributed by atoms with Crippen LogP contribution in [0.15, 0.2) is 72.9 Å². The molecule has 0 aliphatic rings. The smallest absolute Gasteiger partial charge is 0.256 e. The van der Waals surface area contributed by atoms with Crippen molar-refractivity contribution in [1.29, 1.82) is 0 Å². The number of rotatable bonds is 2. The number of aromatic nitrogens is 1. The van der Waals surface area contributed by atoms with Crippen LogP contribution in [0.4, 0.5) is 0 Å². The maximum absolute atomic E-state index is 4.56. The van der Waals surface area contributed by atoms with E-state index in [0.29, 0.717) is 0 Å². The van der Waals surface area contributed by atoms with Gasteiger partial charge in [-0.3, -0.25) is 4.98 Å². The average Bonchev–Trinajstić information content (AvgIpc) is 2.55. The summed E-state index contributed by atoms with van der Waals surface area (Å²) < 4.78 is 0. The summed E-state index contributed by atoms with van der Waals surface area (Å²) in [6.45, 7) is 6.69. The molecule has 0 saturated carbocycles. The molecule has 23 heavy (non-hydrogen) atoms. The van der Waals surface area contributed by atoms with Crippen molar-refractivity contribution in [2.75, 3.05) is 0 Å². The molecule has 2 heteroatoms. The van der Waals surface area contributed by atoms with Gasteiger partial charge >= 0.3 is 20.1 Å². The van der Waals surface area contributed by atoms with E-state index in [2.05, 4.69) is 86.4 Å². The molecule has 1 nitrogen and oxygen atoms in total. The topological polar surface area (TPSA) is 12.9 Å². The van der Waals surface area contributed by atoms with Gasteiger partial charge in [-0.25, -0.2) is 0 Å². The van der Waals surface area contributed by atoms with Crippen molar-refractivity contribution in [2.45, 2.75) is 26.2 Å². The van der Waals surface area contributed by atoms with Gasteiger partial charge in [-0.15, -0.1) is 0 Å². The zero-order valence-electron chi connectivity index (χ0n) is 13.7. The molecule has 1 heterocycles. The number of hydrogen-bond donors (Lipinski definition) is 0. The van der Waals surface area contributed by atoms with Crippen LogP contribution < -0.4 is 0 Å². The molecule has 0 aliphatic carbocycles. The summed E-state index contributed by atoms with van der Waals surface area (Å²) >= 11 is 0. The third-order valence-electron chi connectivity index (χ3n) is 3.89. The van der Waals surface area contributed by atoms with Gasteiger partial charge in [-0.05, 0) is 40.3 Å². The average molecular weight is 480 g/mol. The van der Waals surface area contributed by atoms with Crippen LogP contribution in [0.2, 0.25) is 0 Å². The third kappa shape index (κ3) is 4.16. The van der Waals surface area contributed by atoms with Crippen molar-refractivity contribution in [3.8, 4) is 22.4 Å². The number of hydrogen-bond acceptors (Lipinski definition) is 1. The summed E-state index contributed by atoms with van der Waals surface area (Å²) in [5.74, 6) is 0. The Bertz CT molecular complexity index is 773. The van der Waals surface area contributed by atoms with E-state index in [-0.39, 0.29) is 25.5 Å². The minimum Gasteiger partial charge on any atom is -0.256 e. The molecule has 3 aromatic rings. The second-order valence-electron chi connectivity index (χ2n) is 6.63. The molecule has 0 amide bonds. The zero-order chi connectivity index (χ0) is 15.6. The molecule has 0 N–H and O–H groups in total. The van der Waals surface area contributed by atoms with E-state index in [0.717, 1.165) is 11.3 Å². The van der Waals surface area contributed by atoms with Gasteiger partial charge in [-0.1, -0.05) is 69.3 Å². The van der Waals surface area contributed by atoms with Gasteiger partial charge in [0, 0.05) is 11.8 Å². The molecule has 2 aromatic carbocycles. The van der Waals surface area contributed by atoms with Crippen LogP contribution >= 0.6 is 0 Å². The van der Waals surface area contributed by atoms with E-state index in [1.54, 1.807) is 0 Å². The van der Waals surface area contributed by atoms with Gasteiger partial charge in [0.2, 0.25) is 0 Å². The minimum absolute atomic E-state index is 0. The van der Waals surface area contributed by atoms with Crippen LogP contribution in [-0.4, -0.2) is 4.98 Å². The van der Waals surface area contributed by atoms with Crippen molar-refractivity contribution in [3.63, 3.8) is 0 Å². The van der Waals surface area contributed by atoms with Gasteiger partial charge in [0.1, 0.15) is 0 Å². The number of benzene rings is 2. The summed E-state index contributed by atoms with van der Waals surface area (Å²) in [6, 6.07) is 23.3. The first kappa shape index (κ1) is 17.6.